The zero-order valence-corrected chi connectivity index (χ0v) is 10.8. The van der Waals surface area contributed by atoms with Gasteiger partial charge in [-0.2, -0.15) is 0 Å². The van der Waals surface area contributed by atoms with Crippen LogP contribution in [-0.4, -0.2) is 17.1 Å². The normalized spacial score (nSPS) is 10.1. The largest absolute Gasteiger partial charge is 0.497 e. The molecule has 2 N–H and O–H groups in total. The van der Waals surface area contributed by atoms with Gasteiger partial charge in [0.15, 0.2) is 5.82 Å². The fraction of sp³-hybridized carbons (Fsp3) is 0.0909. The molecule has 4 nitrogen and oxygen atoms in total. The molecule has 0 atom stereocenters. The lowest BCUT2D eigenvalue weighted by atomic mass is 10.2. The van der Waals surface area contributed by atoms with E-state index in [1.54, 1.807) is 13.3 Å². The number of rotatable bonds is 2. The number of methoxy groups -OCH3 is 1. The second-order valence-corrected chi connectivity index (χ2v) is 4.32. The Morgan fingerprint density at radius 1 is 1.25 bits per heavy atom. The molecule has 0 aliphatic rings. The van der Waals surface area contributed by atoms with E-state index in [-0.39, 0.29) is 0 Å². The predicted octanol–water partition coefficient (Wildman–Crippen LogP) is 2.34. The minimum atomic E-state index is 0.501. The molecule has 82 valence electrons. The summed E-state index contributed by atoms with van der Waals surface area (Å²) in [6, 6.07) is 7.54. The topological polar surface area (TPSA) is 61.0 Å². The quantitative estimate of drug-likeness (QED) is 0.860. The maximum atomic E-state index is 5.73. The van der Waals surface area contributed by atoms with Crippen molar-refractivity contribution in [1.82, 2.24) is 9.97 Å². The summed E-state index contributed by atoms with van der Waals surface area (Å²) in [5.74, 6) is 1.93. The van der Waals surface area contributed by atoms with Crippen molar-refractivity contribution in [2.75, 3.05) is 12.8 Å². The Morgan fingerprint density at radius 2 is 1.94 bits per heavy atom. The van der Waals surface area contributed by atoms with Gasteiger partial charge in [0.05, 0.1) is 10.7 Å². The first-order valence-electron chi connectivity index (χ1n) is 4.63. The molecule has 0 fully saturated rings. The van der Waals surface area contributed by atoms with Crippen LogP contribution in [0.2, 0.25) is 0 Å². The van der Waals surface area contributed by atoms with Gasteiger partial charge in [0.2, 0.25) is 0 Å². The number of hydrogen-bond donors (Lipinski definition) is 1. The average Bonchev–Trinajstić information content (AvgIpc) is 2.33. The SMILES string of the molecule is COc1ccc(-c2ncc(I)c(N)n2)cc1. The van der Waals surface area contributed by atoms with Crippen LogP contribution >= 0.6 is 22.6 Å². The van der Waals surface area contributed by atoms with E-state index in [9.17, 15) is 0 Å². The first-order valence-corrected chi connectivity index (χ1v) is 5.71. The van der Waals surface area contributed by atoms with Gasteiger partial charge >= 0.3 is 0 Å². The number of nitrogens with zero attached hydrogens (tertiary/aromatic N) is 2. The summed E-state index contributed by atoms with van der Waals surface area (Å²) in [7, 11) is 1.63. The number of anilines is 1. The van der Waals surface area contributed by atoms with E-state index in [1.807, 2.05) is 24.3 Å². The van der Waals surface area contributed by atoms with Gasteiger partial charge in [-0.3, -0.25) is 0 Å². The van der Waals surface area contributed by atoms with E-state index in [1.165, 1.54) is 0 Å². The molecule has 0 unspecified atom stereocenters. The summed E-state index contributed by atoms with van der Waals surface area (Å²) in [5.41, 5.74) is 6.65. The van der Waals surface area contributed by atoms with Crippen molar-refractivity contribution in [1.29, 1.82) is 0 Å². The van der Waals surface area contributed by atoms with Gasteiger partial charge < -0.3 is 10.5 Å². The molecule has 16 heavy (non-hydrogen) atoms. The van der Waals surface area contributed by atoms with Crippen LogP contribution in [0.25, 0.3) is 11.4 Å². The lowest BCUT2D eigenvalue weighted by molar-refractivity contribution is 0.415. The summed E-state index contributed by atoms with van der Waals surface area (Å²) >= 11 is 2.10. The molecule has 1 aromatic carbocycles. The van der Waals surface area contributed by atoms with Crippen molar-refractivity contribution in [3.63, 3.8) is 0 Å². The molecule has 0 spiro atoms. The van der Waals surface area contributed by atoms with Crippen molar-refractivity contribution in [2.45, 2.75) is 0 Å². The van der Waals surface area contributed by atoms with Crippen molar-refractivity contribution >= 4 is 28.4 Å². The average molecular weight is 327 g/mol. The molecule has 0 saturated heterocycles. The predicted molar refractivity (Wildman–Crippen MR) is 71.1 cm³/mol. The standard InChI is InChI=1S/C11H10IN3O/c1-16-8-4-2-7(3-5-8)11-14-6-9(12)10(13)15-11/h2-6H,1H3,(H2,13,14,15). The van der Waals surface area contributed by atoms with E-state index in [0.29, 0.717) is 11.6 Å². The second-order valence-electron chi connectivity index (χ2n) is 3.16. The van der Waals surface area contributed by atoms with Gasteiger partial charge in [-0.15, -0.1) is 0 Å². The number of halogens is 1. The first-order chi connectivity index (χ1) is 7.70. The van der Waals surface area contributed by atoms with E-state index in [4.69, 9.17) is 10.5 Å². The van der Waals surface area contributed by atoms with Crippen LogP contribution in [-0.2, 0) is 0 Å². The third-order valence-corrected chi connectivity index (χ3v) is 2.95. The minimum Gasteiger partial charge on any atom is -0.497 e. The summed E-state index contributed by atoms with van der Waals surface area (Å²) in [5, 5.41) is 0. The summed E-state index contributed by atoms with van der Waals surface area (Å²) in [4.78, 5) is 8.44. The van der Waals surface area contributed by atoms with Gasteiger partial charge in [-0.05, 0) is 46.9 Å². The molecule has 0 bridgehead atoms. The molecule has 1 heterocycles. The molecule has 0 aliphatic heterocycles. The van der Waals surface area contributed by atoms with Crippen LogP contribution < -0.4 is 10.5 Å². The second kappa shape index (κ2) is 4.65. The highest BCUT2D eigenvalue weighted by molar-refractivity contribution is 14.1. The Labute approximate surface area is 107 Å². The molecule has 0 aliphatic carbocycles. The van der Waals surface area contributed by atoms with Crippen molar-refractivity contribution in [3.8, 4) is 17.1 Å². The van der Waals surface area contributed by atoms with Crippen molar-refractivity contribution in [3.05, 3.63) is 34.0 Å². The van der Waals surface area contributed by atoms with Crippen LogP contribution in [0.1, 0.15) is 0 Å². The molecule has 0 radical (unpaired) electrons. The fourth-order valence-electron chi connectivity index (χ4n) is 1.26. The van der Waals surface area contributed by atoms with Crippen LogP contribution in [0.15, 0.2) is 30.5 Å². The Morgan fingerprint density at radius 3 is 2.50 bits per heavy atom. The van der Waals surface area contributed by atoms with Crippen LogP contribution in [0.4, 0.5) is 5.82 Å². The summed E-state index contributed by atoms with van der Waals surface area (Å²) in [6.07, 6.45) is 1.71. The number of hydrogen-bond acceptors (Lipinski definition) is 4. The first kappa shape index (κ1) is 11.1. The fourth-order valence-corrected chi connectivity index (χ4v) is 1.52. The molecular weight excluding hydrogens is 317 g/mol. The molecule has 1 aromatic heterocycles. The molecular formula is C11H10IN3O. The van der Waals surface area contributed by atoms with Crippen molar-refractivity contribution in [2.24, 2.45) is 0 Å². The highest BCUT2D eigenvalue weighted by atomic mass is 127. The third kappa shape index (κ3) is 2.24. The molecule has 2 rings (SSSR count). The van der Waals surface area contributed by atoms with Crippen LogP contribution in [0.5, 0.6) is 5.75 Å². The third-order valence-electron chi connectivity index (χ3n) is 2.12. The number of benzene rings is 1. The van der Waals surface area contributed by atoms with Gasteiger partial charge in [-0.1, -0.05) is 0 Å². The van der Waals surface area contributed by atoms with Gasteiger partial charge in [-0.25, -0.2) is 9.97 Å². The van der Waals surface area contributed by atoms with E-state index in [2.05, 4.69) is 32.6 Å². The molecule has 2 aromatic rings. The Bertz CT molecular complexity index is 499. The summed E-state index contributed by atoms with van der Waals surface area (Å²) in [6.45, 7) is 0. The van der Waals surface area contributed by atoms with E-state index in [0.717, 1.165) is 14.9 Å². The number of ether oxygens (including phenoxy) is 1. The van der Waals surface area contributed by atoms with Gasteiger partial charge in [0.1, 0.15) is 11.6 Å². The van der Waals surface area contributed by atoms with E-state index < -0.39 is 0 Å². The van der Waals surface area contributed by atoms with Crippen LogP contribution in [0.3, 0.4) is 0 Å². The molecule has 5 heteroatoms. The molecule has 0 amide bonds. The molecule has 0 saturated carbocycles. The van der Waals surface area contributed by atoms with Gasteiger partial charge in [0.25, 0.3) is 0 Å². The van der Waals surface area contributed by atoms with E-state index >= 15 is 0 Å². The highest BCUT2D eigenvalue weighted by Crippen LogP contribution is 2.21. The zero-order valence-electron chi connectivity index (χ0n) is 8.64. The highest BCUT2D eigenvalue weighted by Gasteiger charge is 2.04. The Kier molecular flexibility index (Phi) is 3.23. The number of nitrogens with two attached hydrogens (primary N) is 1. The van der Waals surface area contributed by atoms with Crippen molar-refractivity contribution < 1.29 is 4.74 Å². The van der Waals surface area contributed by atoms with Crippen LogP contribution in [0, 0.1) is 3.57 Å². The lowest BCUT2D eigenvalue weighted by Crippen LogP contribution is -1.98. The van der Waals surface area contributed by atoms with Gasteiger partial charge in [0, 0.05) is 11.8 Å². The smallest absolute Gasteiger partial charge is 0.161 e. The lowest BCUT2D eigenvalue weighted by Gasteiger charge is -2.03. The monoisotopic (exact) mass is 327 g/mol. The number of aromatic nitrogens is 2. The maximum Gasteiger partial charge on any atom is 0.161 e. The Hall–Kier alpha value is -1.37. The minimum absolute atomic E-state index is 0.501. The number of nitrogen functional groups attached to an aromatic ring is 1. The zero-order chi connectivity index (χ0) is 11.5. The summed E-state index contributed by atoms with van der Waals surface area (Å²) < 4.78 is 5.94. The Balaban J connectivity index is 2.38. The maximum absolute atomic E-state index is 5.73.